The lowest BCUT2D eigenvalue weighted by molar-refractivity contribution is 0.386. The number of rotatable bonds is 9. The molecule has 0 spiro atoms. The van der Waals surface area contributed by atoms with E-state index in [4.69, 9.17) is 26.3 Å². The molecule has 1 aromatic heterocycles. The molecule has 6 nitrogen and oxygen atoms in total. The number of nitriles is 1. The van der Waals surface area contributed by atoms with Crippen LogP contribution in [0.25, 0.3) is 0 Å². The van der Waals surface area contributed by atoms with Crippen molar-refractivity contribution in [3.05, 3.63) is 68.9 Å². The molecule has 0 radical (unpaired) electrons. The molecule has 2 aromatic carbocycles. The Bertz CT molecular complexity index is 1290. The van der Waals surface area contributed by atoms with Crippen LogP contribution in [0, 0.1) is 23.1 Å². The molecule has 33 heavy (non-hydrogen) atoms. The maximum atomic E-state index is 13.8. The van der Waals surface area contributed by atoms with Crippen molar-refractivity contribution in [2.45, 2.75) is 29.9 Å². The molecule has 3 rings (SSSR count). The summed E-state index contributed by atoms with van der Waals surface area (Å²) < 4.78 is 52.0. The lowest BCUT2D eigenvalue weighted by Gasteiger charge is -2.25. The number of nitrogens with zero attached hydrogens (tertiary/aromatic N) is 2. The van der Waals surface area contributed by atoms with Crippen LogP contribution in [0.1, 0.15) is 23.1 Å². The van der Waals surface area contributed by atoms with Crippen LogP contribution in [-0.4, -0.2) is 32.9 Å². The molecule has 0 amide bonds. The summed E-state index contributed by atoms with van der Waals surface area (Å²) in [5, 5.41) is 8.95. The first kappa shape index (κ1) is 25.0. The predicted octanol–water partition coefficient (Wildman–Crippen LogP) is 5.09. The topological polar surface area (TPSA) is 89.3 Å². The number of halogens is 2. The van der Waals surface area contributed by atoms with Crippen LogP contribution in [-0.2, 0) is 22.7 Å². The monoisotopic (exact) mass is 508 g/mol. The second-order valence-corrected chi connectivity index (χ2v) is 11.5. The smallest absolute Gasteiger partial charge is 0.181 e. The van der Waals surface area contributed by atoms with E-state index in [9.17, 15) is 12.8 Å². The van der Waals surface area contributed by atoms with Crippen molar-refractivity contribution in [3.63, 3.8) is 0 Å². The van der Waals surface area contributed by atoms with E-state index in [0.29, 0.717) is 33.7 Å². The standard InChI is InChI=1S/C23H22ClFN2O4S2/c1-14(33(28,29)19-6-7-20(25)17(9-19)12-26)16(10-23-27-13-22(24)32-23)8-15-4-5-18(30-2)11-21(15)31-3/h4-7,9,11,13-14,16H,8,10H2,1-3H3. The van der Waals surface area contributed by atoms with Gasteiger partial charge < -0.3 is 9.47 Å². The Morgan fingerprint density at radius 3 is 2.55 bits per heavy atom. The Labute approximate surface area is 201 Å². The lowest BCUT2D eigenvalue weighted by atomic mass is 9.93. The first-order valence-electron chi connectivity index (χ1n) is 9.94. The van der Waals surface area contributed by atoms with Gasteiger partial charge in [0.25, 0.3) is 0 Å². The predicted molar refractivity (Wildman–Crippen MR) is 125 cm³/mol. The van der Waals surface area contributed by atoms with Crippen molar-refractivity contribution in [2.75, 3.05) is 14.2 Å². The Balaban J connectivity index is 2.01. The second-order valence-electron chi connectivity index (χ2n) is 7.41. The normalized spacial score (nSPS) is 13.2. The summed E-state index contributed by atoms with van der Waals surface area (Å²) in [6.45, 7) is 1.61. The van der Waals surface area contributed by atoms with Crippen molar-refractivity contribution in [1.82, 2.24) is 4.98 Å². The fourth-order valence-corrected chi connectivity index (χ4v) is 6.27. The summed E-state index contributed by atoms with van der Waals surface area (Å²) in [6, 6.07) is 10.3. The van der Waals surface area contributed by atoms with Gasteiger partial charge in [0, 0.05) is 12.5 Å². The highest BCUT2D eigenvalue weighted by Crippen LogP contribution is 2.33. The van der Waals surface area contributed by atoms with Crippen LogP contribution in [0.5, 0.6) is 11.5 Å². The zero-order valence-corrected chi connectivity index (χ0v) is 20.6. The van der Waals surface area contributed by atoms with Gasteiger partial charge in [-0.1, -0.05) is 17.7 Å². The zero-order chi connectivity index (χ0) is 24.2. The summed E-state index contributed by atoms with van der Waals surface area (Å²) in [4.78, 5) is 4.19. The second kappa shape index (κ2) is 10.5. The molecule has 0 fully saturated rings. The highest BCUT2D eigenvalue weighted by Gasteiger charge is 2.33. The molecule has 0 saturated heterocycles. The van der Waals surface area contributed by atoms with Gasteiger partial charge >= 0.3 is 0 Å². The molecular weight excluding hydrogens is 487 g/mol. The third kappa shape index (κ3) is 5.64. The molecule has 2 unspecified atom stereocenters. The van der Waals surface area contributed by atoms with Crippen LogP contribution in [0.2, 0.25) is 4.34 Å². The van der Waals surface area contributed by atoms with E-state index >= 15 is 0 Å². The summed E-state index contributed by atoms with van der Waals surface area (Å²) in [6.07, 6.45) is 2.27. The third-order valence-corrected chi connectivity index (χ3v) is 8.89. The van der Waals surface area contributed by atoms with Gasteiger partial charge in [-0.2, -0.15) is 5.26 Å². The highest BCUT2D eigenvalue weighted by molar-refractivity contribution is 7.92. The number of thiazole rings is 1. The number of methoxy groups -OCH3 is 2. The van der Waals surface area contributed by atoms with E-state index in [1.165, 1.54) is 30.7 Å². The first-order chi connectivity index (χ1) is 15.7. The average molecular weight is 509 g/mol. The molecule has 0 saturated carbocycles. The van der Waals surface area contributed by atoms with Crippen molar-refractivity contribution in [1.29, 1.82) is 5.26 Å². The first-order valence-corrected chi connectivity index (χ1v) is 12.7. The zero-order valence-electron chi connectivity index (χ0n) is 18.2. The maximum Gasteiger partial charge on any atom is 0.181 e. The van der Waals surface area contributed by atoms with E-state index in [1.807, 2.05) is 6.07 Å². The molecule has 0 aliphatic carbocycles. The van der Waals surface area contributed by atoms with Gasteiger partial charge in [0.1, 0.15) is 27.7 Å². The van der Waals surface area contributed by atoms with E-state index in [-0.39, 0.29) is 10.5 Å². The Morgan fingerprint density at radius 2 is 1.94 bits per heavy atom. The Hall–Kier alpha value is -2.67. The Morgan fingerprint density at radius 1 is 1.18 bits per heavy atom. The van der Waals surface area contributed by atoms with Crippen LogP contribution in [0.4, 0.5) is 4.39 Å². The molecule has 10 heteroatoms. The van der Waals surface area contributed by atoms with Crippen molar-refractivity contribution in [3.8, 4) is 17.6 Å². The van der Waals surface area contributed by atoms with Gasteiger partial charge in [0.05, 0.1) is 41.1 Å². The molecule has 2 atom stereocenters. The van der Waals surface area contributed by atoms with Gasteiger partial charge in [-0.15, -0.1) is 11.3 Å². The van der Waals surface area contributed by atoms with Crippen LogP contribution < -0.4 is 9.47 Å². The summed E-state index contributed by atoms with van der Waals surface area (Å²) >= 11 is 7.33. The van der Waals surface area contributed by atoms with E-state index in [2.05, 4.69) is 4.98 Å². The molecule has 0 aliphatic heterocycles. The van der Waals surface area contributed by atoms with E-state index < -0.39 is 26.8 Å². The lowest BCUT2D eigenvalue weighted by Crippen LogP contribution is -2.30. The summed E-state index contributed by atoms with van der Waals surface area (Å²) in [7, 11) is -0.803. The van der Waals surface area contributed by atoms with E-state index in [0.717, 1.165) is 17.7 Å². The summed E-state index contributed by atoms with van der Waals surface area (Å²) in [5.41, 5.74) is 0.494. The SMILES string of the molecule is COc1ccc(CC(Cc2ncc(Cl)s2)C(C)S(=O)(=O)c2ccc(F)c(C#N)c2)c(OC)c1. The van der Waals surface area contributed by atoms with Crippen molar-refractivity contribution < 1.29 is 22.3 Å². The highest BCUT2D eigenvalue weighted by atomic mass is 35.5. The summed E-state index contributed by atoms with van der Waals surface area (Å²) in [5.74, 6) is 0.0284. The number of hydrogen-bond acceptors (Lipinski definition) is 7. The van der Waals surface area contributed by atoms with Gasteiger partial charge in [-0.25, -0.2) is 17.8 Å². The third-order valence-electron chi connectivity index (χ3n) is 5.48. The largest absolute Gasteiger partial charge is 0.497 e. The van der Waals surface area contributed by atoms with Gasteiger partial charge in [0.2, 0.25) is 0 Å². The maximum absolute atomic E-state index is 13.8. The average Bonchev–Trinajstić information content (AvgIpc) is 3.22. The van der Waals surface area contributed by atoms with Gasteiger partial charge in [0.15, 0.2) is 9.84 Å². The minimum absolute atomic E-state index is 0.100. The molecule has 1 heterocycles. The van der Waals surface area contributed by atoms with Crippen LogP contribution in [0.3, 0.4) is 0 Å². The van der Waals surface area contributed by atoms with Crippen LogP contribution >= 0.6 is 22.9 Å². The molecule has 0 aliphatic rings. The fraction of sp³-hybridized carbons (Fsp3) is 0.304. The number of aromatic nitrogens is 1. The quantitative estimate of drug-likeness (QED) is 0.374. The fourth-order valence-electron chi connectivity index (χ4n) is 3.55. The molecule has 174 valence electrons. The molecule has 0 bridgehead atoms. The molecule has 0 N–H and O–H groups in total. The number of hydrogen-bond donors (Lipinski definition) is 0. The molecule has 3 aromatic rings. The minimum Gasteiger partial charge on any atom is -0.497 e. The number of ether oxygens (including phenoxy) is 2. The van der Waals surface area contributed by atoms with Crippen molar-refractivity contribution in [2.24, 2.45) is 5.92 Å². The van der Waals surface area contributed by atoms with Crippen LogP contribution in [0.15, 0.2) is 47.5 Å². The van der Waals surface area contributed by atoms with Gasteiger partial charge in [-0.3, -0.25) is 0 Å². The van der Waals surface area contributed by atoms with Crippen molar-refractivity contribution >= 4 is 32.8 Å². The van der Waals surface area contributed by atoms with E-state index in [1.54, 1.807) is 32.2 Å². The molecular formula is C23H22ClFN2O4S2. The number of sulfone groups is 1. The Kier molecular flexibility index (Phi) is 7.95. The van der Waals surface area contributed by atoms with Gasteiger partial charge in [-0.05, 0) is 49.1 Å². The number of benzene rings is 2. The minimum atomic E-state index is -3.89.